The van der Waals surface area contributed by atoms with Gasteiger partial charge in [0, 0.05) is 10.6 Å². The van der Waals surface area contributed by atoms with E-state index in [4.69, 9.17) is 22.8 Å². The van der Waals surface area contributed by atoms with Crippen LogP contribution < -0.4 is 10.1 Å². The Kier molecular flexibility index (Phi) is 5.50. The Labute approximate surface area is 111 Å². The van der Waals surface area contributed by atoms with Crippen molar-refractivity contribution < 1.29 is 14.6 Å². The molecule has 1 atom stereocenters. The van der Waals surface area contributed by atoms with E-state index < -0.39 is 6.10 Å². The van der Waals surface area contributed by atoms with Gasteiger partial charge in [0.15, 0.2) is 6.10 Å². The van der Waals surface area contributed by atoms with Crippen LogP contribution in [0.15, 0.2) is 18.2 Å². The van der Waals surface area contributed by atoms with Gasteiger partial charge in [0.1, 0.15) is 5.75 Å². The van der Waals surface area contributed by atoms with Crippen LogP contribution in [0, 0.1) is 12.3 Å². The molecule has 1 aromatic carbocycles. The number of amides is 1. The Hall–Kier alpha value is -1.70. The first kappa shape index (κ1) is 14.4. The third kappa shape index (κ3) is 3.66. The fourth-order valence-corrected chi connectivity index (χ4v) is 1.55. The second-order valence-electron chi connectivity index (χ2n) is 3.56. The molecule has 0 aliphatic rings. The summed E-state index contributed by atoms with van der Waals surface area (Å²) < 4.78 is 5.45. The van der Waals surface area contributed by atoms with Gasteiger partial charge in [-0.15, -0.1) is 6.42 Å². The topological polar surface area (TPSA) is 58.6 Å². The summed E-state index contributed by atoms with van der Waals surface area (Å²) >= 11 is 5.91. The summed E-state index contributed by atoms with van der Waals surface area (Å²) in [5, 5.41) is 12.1. The Morgan fingerprint density at radius 3 is 3.00 bits per heavy atom. The molecule has 0 bridgehead atoms. The minimum atomic E-state index is -0.720. The number of terminal acetylenes is 1. The quantitative estimate of drug-likeness (QED) is 0.792. The molecule has 5 heteroatoms. The van der Waals surface area contributed by atoms with Gasteiger partial charge in [-0.3, -0.25) is 4.79 Å². The molecule has 0 fully saturated rings. The number of nitrogens with one attached hydrogen (secondary N) is 1. The van der Waals surface area contributed by atoms with Crippen LogP contribution in [0.1, 0.15) is 12.5 Å². The van der Waals surface area contributed by atoms with E-state index in [1.54, 1.807) is 25.1 Å². The highest BCUT2D eigenvalue weighted by Gasteiger charge is 2.16. The van der Waals surface area contributed by atoms with Crippen molar-refractivity contribution in [3.63, 3.8) is 0 Å². The van der Waals surface area contributed by atoms with Crippen molar-refractivity contribution in [1.29, 1.82) is 0 Å². The number of carbonyl (C=O) groups excluding carboxylic acids is 1. The van der Waals surface area contributed by atoms with Crippen molar-refractivity contribution in [2.45, 2.75) is 19.6 Å². The molecule has 0 radical (unpaired) electrons. The van der Waals surface area contributed by atoms with Crippen molar-refractivity contribution in [3.8, 4) is 18.1 Å². The fourth-order valence-electron chi connectivity index (χ4n) is 1.33. The first-order chi connectivity index (χ1) is 8.60. The minimum absolute atomic E-state index is 0.148. The molecule has 1 aromatic rings. The molecule has 0 heterocycles. The molecule has 1 amide bonds. The normalized spacial score (nSPS) is 11.4. The second-order valence-corrected chi connectivity index (χ2v) is 3.96. The third-order valence-corrected chi connectivity index (χ3v) is 2.63. The van der Waals surface area contributed by atoms with Crippen LogP contribution in [0.3, 0.4) is 0 Å². The molecule has 0 saturated carbocycles. The van der Waals surface area contributed by atoms with E-state index in [1.165, 1.54) is 0 Å². The summed E-state index contributed by atoms with van der Waals surface area (Å²) in [5.74, 6) is 2.36. The zero-order chi connectivity index (χ0) is 13.5. The van der Waals surface area contributed by atoms with Crippen LogP contribution >= 0.6 is 11.6 Å². The van der Waals surface area contributed by atoms with Crippen LogP contribution in [-0.4, -0.2) is 23.7 Å². The van der Waals surface area contributed by atoms with Crippen LogP contribution in [0.2, 0.25) is 5.02 Å². The first-order valence-corrected chi connectivity index (χ1v) is 5.74. The maximum atomic E-state index is 11.6. The molecular formula is C13H14ClNO3. The zero-order valence-corrected chi connectivity index (χ0v) is 10.7. The maximum Gasteiger partial charge on any atom is 0.261 e. The lowest BCUT2D eigenvalue weighted by Crippen LogP contribution is -2.36. The van der Waals surface area contributed by atoms with E-state index in [1.807, 2.05) is 0 Å². The molecule has 4 nitrogen and oxygen atoms in total. The van der Waals surface area contributed by atoms with Gasteiger partial charge in [0.05, 0.1) is 13.2 Å². The summed E-state index contributed by atoms with van der Waals surface area (Å²) in [6.45, 7) is 1.48. The van der Waals surface area contributed by atoms with Gasteiger partial charge in [0.2, 0.25) is 0 Å². The second kappa shape index (κ2) is 6.90. The molecule has 0 aliphatic carbocycles. The lowest BCUT2D eigenvalue weighted by atomic mass is 10.2. The van der Waals surface area contributed by atoms with Crippen LogP contribution in [0.5, 0.6) is 5.75 Å². The molecule has 96 valence electrons. The number of ether oxygens (including phenoxy) is 1. The van der Waals surface area contributed by atoms with Gasteiger partial charge in [-0.25, -0.2) is 0 Å². The minimum Gasteiger partial charge on any atom is -0.480 e. The van der Waals surface area contributed by atoms with Crippen LogP contribution in [0.4, 0.5) is 0 Å². The highest BCUT2D eigenvalue weighted by molar-refractivity contribution is 6.31. The summed E-state index contributed by atoms with van der Waals surface area (Å²) in [6.07, 6.45) is 4.32. The van der Waals surface area contributed by atoms with E-state index >= 15 is 0 Å². The largest absolute Gasteiger partial charge is 0.480 e. The molecular weight excluding hydrogens is 254 g/mol. The van der Waals surface area contributed by atoms with Crippen molar-refractivity contribution in [2.24, 2.45) is 0 Å². The Bertz CT molecular complexity index is 468. The van der Waals surface area contributed by atoms with Crippen molar-refractivity contribution >= 4 is 17.5 Å². The average Bonchev–Trinajstić information content (AvgIpc) is 2.36. The lowest BCUT2D eigenvalue weighted by Gasteiger charge is -2.16. The van der Waals surface area contributed by atoms with E-state index in [2.05, 4.69) is 11.2 Å². The number of hydrogen-bond acceptors (Lipinski definition) is 3. The average molecular weight is 268 g/mol. The van der Waals surface area contributed by atoms with Gasteiger partial charge >= 0.3 is 0 Å². The molecule has 1 rings (SSSR count). The summed E-state index contributed by atoms with van der Waals surface area (Å²) in [4.78, 5) is 11.6. The molecule has 0 saturated heterocycles. The van der Waals surface area contributed by atoms with E-state index in [0.717, 1.165) is 0 Å². The number of aliphatic hydroxyl groups is 1. The number of halogens is 1. The van der Waals surface area contributed by atoms with Crippen LogP contribution in [-0.2, 0) is 11.4 Å². The summed E-state index contributed by atoms with van der Waals surface area (Å²) in [6, 6.07) is 4.97. The van der Waals surface area contributed by atoms with E-state index in [0.29, 0.717) is 16.3 Å². The monoisotopic (exact) mass is 267 g/mol. The van der Waals surface area contributed by atoms with Gasteiger partial charge in [0.25, 0.3) is 5.91 Å². The predicted octanol–water partition coefficient (Wildman–Crippen LogP) is 1.35. The predicted molar refractivity (Wildman–Crippen MR) is 69.3 cm³/mol. The third-order valence-electron chi connectivity index (χ3n) is 2.27. The van der Waals surface area contributed by atoms with Gasteiger partial charge in [-0.2, -0.15) is 0 Å². The molecule has 2 N–H and O–H groups in total. The molecule has 0 aliphatic heterocycles. The highest BCUT2D eigenvalue weighted by atomic mass is 35.5. The number of aliphatic hydroxyl groups excluding tert-OH is 1. The molecule has 0 aromatic heterocycles. The summed E-state index contributed by atoms with van der Waals surface area (Å²) in [7, 11) is 0. The van der Waals surface area contributed by atoms with Gasteiger partial charge in [-0.1, -0.05) is 23.6 Å². The number of carbonyl (C=O) groups is 1. The van der Waals surface area contributed by atoms with Gasteiger partial charge in [-0.05, 0) is 19.1 Å². The summed E-state index contributed by atoms with van der Waals surface area (Å²) in [5.41, 5.74) is 0.454. The van der Waals surface area contributed by atoms with E-state index in [-0.39, 0.29) is 19.1 Å². The fraction of sp³-hybridized carbons (Fsp3) is 0.308. The lowest BCUT2D eigenvalue weighted by molar-refractivity contribution is -0.127. The number of hydrogen-bond donors (Lipinski definition) is 2. The number of benzene rings is 1. The van der Waals surface area contributed by atoms with Crippen molar-refractivity contribution in [1.82, 2.24) is 5.32 Å². The van der Waals surface area contributed by atoms with Crippen molar-refractivity contribution in [2.75, 3.05) is 6.54 Å². The zero-order valence-electron chi connectivity index (χ0n) is 9.94. The van der Waals surface area contributed by atoms with Crippen LogP contribution in [0.25, 0.3) is 0 Å². The molecule has 1 unspecified atom stereocenters. The van der Waals surface area contributed by atoms with Crippen molar-refractivity contribution in [3.05, 3.63) is 28.8 Å². The Morgan fingerprint density at radius 2 is 2.39 bits per heavy atom. The standard InChI is InChI=1S/C13H14ClNO3/c1-3-7-15-13(17)9(2)18-12-6-4-5-11(14)10(12)8-16/h1,4-6,9,16H,7-8H2,2H3,(H,15,17). The highest BCUT2D eigenvalue weighted by Crippen LogP contribution is 2.27. The molecule has 18 heavy (non-hydrogen) atoms. The Balaban J connectivity index is 2.76. The van der Waals surface area contributed by atoms with E-state index in [9.17, 15) is 9.90 Å². The Morgan fingerprint density at radius 1 is 1.67 bits per heavy atom. The first-order valence-electron chi connectivity index (χ1n) is 5.36. The van der Waals surface area contributed by atoms with Gasteiger partial charge < -0.3 is 15.2 Å². The maximum absolute atomic E-state index is 11.6. The molecule has 0 spiro atoms. The smallest absolute Gasteiger partial charge is 0.261 e. The number of rotatable bonds is 5. The SMILES string of the molecule is C#CCNC(=O)C(C)Oc1cccc(Cl)c1CO.